The van der Waals surface area contributed by atoms with E-state index in [2.05, 4.69) is 5.32 Å². The molecular formula is C15H19F2NO. The van der Waals surface area contributed by atoms with Crippen LogP contribution in [0.15, 0.2) is 18.2 Å². The zero-order valence-corrected chi connectivity index (χ0v) is 10.8. The van der Waals surface area contributed by atoms with E-state index < -0.39 is 17.2 Å². The molecule has 19 heavy (non-hydrogen) atoms. The van der Waals surface area contributed by atoms with Crippen LogP contribution in [0, 0.1) is 17.6 Å². The van der Waals surface area contributed by atoms with Crippen LogP contribution in [0.5, 0.6) is 0 Å². The average Bonchev–Trinajstić information content (AvgIpc) is 2.37. The molecule has 0 bridgehead atoms. The first-order valence-corrected chi connectivity index (χ1v) is 7.01. The van der Waals surface area contributed by atoms with Gasteiger partial charge in [-0.15, -0.1) is 0 Å². The number of hydrogen-bond acceptors (Lipinski definition) is 2. The Hall–Kier alpha value is -1.00. The summed E-state index contributed by atoms with van der Waals surface area (Å²) >= 11 is 0. The van der Waals surface area contributed by atoms with E-state index in [-0.39, 0.29) is 12.0 Å². The zero-order valence-electron chi connectivity index (χ0n) is 10.8. The van der Waals surface area contributed by atoms with Crippen molar-refractivity contribution in [2.24, 2.45) is 5.92 Å². The van der Waals surface area contributed by atoms with Gasteiger partial charge in [-0.1, -0.05) is 18.9 Å². The molecule has 0 radical (unpaired) electrons. The third-order valence-electron chi connectivity index (χ3n) is 4.69. The van der Waals surface area contributed by atoms with Gasteiger partial charge in [0.2, 0.25) is 0 Å². The maximum Gasteiger partial charge on any atom is 0.130 e. The van der Waals surface area contributed by atoms with Crippen molar-refractivity contribution in [3.05, 3.63) is 35.4 Å². The van der Waals surface area contributed by atoms with Crippen LogP contribution in [0.2, 0.25) is 0 Å². The summed E-state index contributed by atoms with van der Waals surface area (Å²) < 4.78 is 27.0. The van der Waals surface area contributed by atoms with E-state index in [1.54, 1.807) is 0 Å². The van der Waals surface area contributed by atoms with Gasteiger partial charge in [-0.2, -0.15) is 0 Å². The first-order valence-electron chi connectivity index (χ1n) is 7.01. The van der Waals surface area contributed by atoms with Crippen molar-refractivity contribution >= 4 is 0 Å². The molecule has 2 aliphatic rings. The standard InChI is InChI=1S/C15H19F2NO/c16-10-4-5-11(13(17)9-10)14-12-3-1-2-6-15(12,19)7-8-18-14/h4-5,9,12,14,18-19H,1-3,6-8H2/t12-,14+,15-/m0/s1. The normalized spacial score (nSPS) is 34.9. The maximum absolute atomic E-state index is 14.0. The molecule has 1 heterocycles. The molecule has 1 saturated carbocycles. The van der Waals surface area contributed by atoms with E-state index in [1.807, 2.05) is 0 Å². The van der Waals surface area contributed by atoms with Crippen molar-refractivity contribution in [2.45, 2.75) is 43.7 Å². The first-order chi connectivity index (χ1) is 9.10. The lowest BCUT2D eigenvalue weighted by atomic mass is 9.67. The van der Waals surface area contributed by atoms with E-state index in [0.717, 1.165) is 38.2 Å². The van der Waals surface area contributed by atoms with Crippen molar-refractivity contribution in [1.82, 2.24) is 5.32 Å². The SMILES string of the molecule is O[C@]12CCCC[C@H]1[C@@H](c1ccc(F)cc1F)NCC2. The van der Waals surface area contributed by atoms with Crippen LogP contribution in [0.4, 0.5) is 8.78 Å². The Kier molecular flexibility index (Phi) is 3.31. The van der Waals surface area contributed by atoms with Crippen molar-refractivity contribution in [1.29, 1.82) is 0 Å². The highest BCUT2D eigenvalue weighted by molar-refractivity contribution is 5.25. The van der Waals surface area contributed by atoms with Gasteiger partial charge in [-0.25, -0.2) is 8.78 Å². The van der Waals surface area contributed by atoms with Crippen LogP contribution in [-0.2, 0) is 0 Å². The fourth-order valence-corrected chi connectivity index (χ4v) is 3.70. The fraction of sp³-hybridized carbons (Fsp3) is 0.600. The molecule has 1 saturated heterocycles. The Labute approximate surface area is 111 Å². The lowest BCUT2D eigenvalue weighted by Crippen LogP contribution is -2.53. The van der Waals surface area contributed by atoms with Crippen LogP contribution in [0.3, 0.4) is 0 Å². The molecule has 2 nitrogen and oxygen atoms in total. The van der Waals surface area contributed by atoms with Crippen molar-refractivity contribution < 1.29 is 13.9 Å². The van der Waals surface area contributed by atoms with Crippen LogP contribution in [-0.4, -0.2) is 17.3 Å². The minimum absolute atomic E-state index is 0.0231. The molecule has 2 fully saturated rings. The summed E-state index contributed by atoms with van der Waals surface area (Å²) in [5.41, 5.74) is -0.207. The molecule has 0 amide bonds. The molecule has 104 valence electrons. The number of piperidine rings is 1. The number of halogens is 2. The lowest BCUT2D eigenvalue weighted by Gasteiger charge is -2.48. The molecule has 2 N–H and O–H groups in total. The molecule has 4 heteroatoms. The van der Waals surface area contributed by atoms with Crippen LogP contribution >= 0.6 is 0 Å². The summed E-state index contributed by atoms with van der Waals surface area (Å²) in [7, 11) is 0. The Bertz CT molecular complexity index is 475. The van der Waals surface area contributed by atoms with Gasteiger partial charge in [0.25, 0.3) is 0 Å². The van der Waals surface area contributed by atoms with Crippen molar-refractivity contribution in [3.63, 3.8) is 0 Å². The number of hydrogen-bond donors (Lipinski definition) is 2. The zero-order chi connectivity index (χ0) is 13.5. The van der Waals surface area contributed by atoms with E-state index in [1.165, 1.54) is 12.1 Å². The van der Waals surface area contributed by atoms with Crippen molar-refractivity contribution in [3.8, 4) is 0 Å². The number of rotatable bonds is 1. The largest absolute Gasteiger partial charge is 0.389 e. The summed E-state index contributed by atoms with van der Waals surface area (Å²) in [4.78, 5) is 0. The van der Waals surface area contributed by atoms with Gasteiger partial charge in [-0.05, 0) is 31.9 Å². The lowest BCUT2D eigenvalue weighted by molar-refractivity contribution is -0.0865. The highest BCUT2D eigenvalue weighted by atomic mass is 19.1. The molecule has 1 aromatic carbocycles. The van der Waals surface area contributed by atoms with Crippen LogP contribution in [0.1, 0.15) is 43.7 Å². The van der Waals surface area contributed by atoms with Gasteiger partial charge in [0, 0.05) is 23.6 Å². The minimum atomic E-state index is -0.686. The second kappa shape index (κ2) is 4.84. The second-order valence-electron chi connectivity index (χ2n) is 5.80. The number of benzene rings is 1. The van der Waals surface area contributed by atoms with Crippen molar-refractivity contribution in [2.75, 3.05) is 6.54 Å². The quantitative estimate of drug-likeness (QED) is 0.820. The minimum Gasteiger partial charge on any atom is -0.389 e. The van der Waals surface area contributed by atoms with E-state index >= 15 is 0 Å². The van der Waals surface area contributed by atoms with Gasteiger partial charge in [0.05, 0.1) is 5.60 Å². The Balaban J connectivity index is 1.94. The smallest absolute Gasteiger partial charge is 0.130 e. The molecule has 3 rings (SSSR count). The van der Waals surface area contributed by atoms with Gasteiger partial charge >= 0.3 is 0 Å². The van der Waals surface area contributed by atoms with Gasteiger partial charge < -0.3 is 10.4 Å². The van der Waals surface area contributed by atoms with Gasteiger partial charge in [0.15, 0.2) is 0 Å². The molecule has 1 aliphatic heterocycles. The van der Waals surface area contributed by atoms with Gasteiger partial charge in [0.1, 0.15) is 11.6 Å². The van der Waals surface area contributed by atoms with Crippen LogP contribution < -0.4 is 5.32 Å². The third-order valence-corrected chi connectivity index (χ3v) is 4.69. The molecule has 0 unspecified atom stereocenters. The molecule has 1 aromatic rings. The summed E-state index contributed by atoms with van der Waals surface area (Å²) in [6.45, 7) is 0.675. The monoisotopic (exact) mass is 267 g/mol. The average molecular weight is 267 g/mol. The maximum atomic E-state index is 14.0. The van der Waals surface area contributed by atoms with Gasteiger partial charge in [-0.3, -0.25) is 0 Å². The summed E-state index contributed by atoms with van der Waals surface area (Å²) in [5, 5.41) is 14.0. The summed E-state index contributed by atoms with van der Waals surface area (Å²) in [6.07, 6.45) is 4.50. The molecular weight excluding hydrogens is 248 g/mol. The molecule has 0 aromatic heterocycles. The Morgan fingerprint density at radius 3 is 2.84 bits per heavy atom. The second-order valence-corrected chi connectivity index (χ2v) is 5.80. The predicted molar refractivity (Wildman–Crippen MR) is 68.6 cm³/mol. The highest BCUT2D eigenvalue weighted by Gasteiger charge is 2.46. The highest BCUT2D eigenvalue weighted by Crippen LogP contribution is 2.45. The molecule has 1 aliphatic carbocycles. The number of fused-ring (bicyclic) bond motifs is 1. The Morgan fingerprint density at radius 2 is 2.05 bits per heavy atom. The number of aliphatic hydroxyl groups is 1. The topological polar surface area (TPSA) is 32.3 Å². The van der Waals surface area contributed by atoms with E-state index in [9.17, 15) is 13.9 Å². The first kappa shape index (κ1) is 13.0. The third kappa shape index (κ3) is 2.28. The number of nitrogens with one attached hydrogen (secondary N) is 1. The Morgan fingerprint density at radius 1 is 1.21 bits per heavy atom. The summed E-state index contributed by atoms with van der Waals surface area (Å²) in [5.74, 6) is -1.06. The fourth-order valence-electron chi connectivity index (χ4n) is 3.70. The van der Waals surface area contributed by atoms with Crippen LogP contribution in [0.25, 0.3) is 0 Å². The van der Waals surface area contributed by atoms with E-state index in [0.29, 0.717) is 12.1 Å². The summed E-state index contributed by atoms with van der Waals surface area (Å²) in [6, 6.07) is 3.51. The molecule has 3 atom stereocenters. The van der Waals surface area contributed by atoms with E-state index in [4.69, 9.17) is 0 Å². The molecule has 0 spiro atoms. The predicted octanol–water partition coefficient (Wildman–Crippen LogP) is 2.92.